The Morgan fingerprint density at radius 1 is 1.33 bits per heavy atom. The molecule has 1 fully saturated rings. The van der Waals surface area contributed by atoms with E-state index >= 15 is 0 Å². The lowest BCUT2D eigenvalue weighted by atomic mass is 10.2. The first kappa shape index (κ1) is 10.1. The number of nitrogens with zero attached hydrogens (tertiary/aromatic N) is 1. The molecule has 0 amide bonds. The SMILES string of the molecule is O=[N+]([O-])C1=CC=C(C2OCCO2)C=CC1. The third-order valence-electron chi connectivity index (χ3n) is 2.23. The Hall–Kier alpha value is -1.46. The molecule has 15 heavy (non-hydrogen) atoms. The van der Waals surface area contributed by atoms with E-state index < -0.39 is 0 Å². The van der Waals surface area contributed by atoms with Crippen molar-refractivity contribution in [3.8, 4) is 0 Å². The fourth-order valence-corrected chi connectivity index (χ4v) is 1.48. The summed E-state index contributed by atoms with van der Waals surface area (Å²) in [4.78, 5) is 10.2. The second kappa shape index (κ2) is 4.37. The fourth-order valence-electron chi connectivity index (χ4n) is 1.48. The molecular formula is C10H11NO4. The summed E-state index contributed by atoms with van der Waals surface area (Å²) in [7, 11) is 0. The minimum Gasteiger partial charge on any atom is -0.346 e. The van der Waals surface area contributed by atoms with E-state index in [1.165, 1.54) is 6.08 Å². The Kier molecular flexibility index (Phi) is 2.94. The van der Waals surface area contributed by atoms with Crippen LogP contribution in [-0.2, 0) is 9.47 Å². The maximum absolute atomic E-state index is 10.5. The zero-order chi connectivity index (χ0) is 10.7. The van der Waals surface area contributed by atoms with Gasteiger partial charge in [-0.25, -0.2) is 0 Å². The van der Waals surface area contributed by atoms with Crippen molar-refractivity contribution in [1.29, 1.82) is 0 Å². The third-order valence-corrected chi connectivity index (χ3v) is 2.23. The Morgan fingerprint density at radius 2 is 2.07 bits per heavy atom. The van der Waals surface area contributed by atoms with Gasteiger partial charge in [0.2, 0.25) is 5.70 Å². The van der Waals surface area contributed by atoms with Gasteiger partial charge in [0.15, 0.2) is 6.29 Å². The molecule has 1 aliphatic carbocycles. The topological polar surface area (TPSA) is 61.6 Å². The normalized spacial score (nSPS) is 22.1. The maximum Gasteiger partial charge on any atom is 0.249 e. The van der Waals surface area contributed by atoms with Gasteiger partial charge in [0, 0.05) is 11.6 Å². The molecule has 0 N–H and O–H groups in total. The zero-order valence-corrected chi connectivity index (χ0v) is 8.09. The smallest absolute Gasteiger partial charge is 0.249 e. The van der Waals surface area contributed by atoms with Gasteiger partial charge in [-0.1, -0.05) is 12.2 Å². The molecule has 80 valence electrons. The van der Waals surface area contributed by atoms with Gasteiger partial charge in [-0.2, -0.15) is 0 Å². The molecule has 0 saturated carbocycles. The molecule has 2 rings (SSSR count). The van der Waals surface area contributed by atoms with Crippen molar-refractivity contribution in [3.05, 3.63) is 45.7 Å². The largest absolute Gasteiger partial charge is 0.346 e. The number of allylic oxidation sites excluding steroid dienone is 3. The van der Waals surface area contributed by atoms with E-state index in [-0.39, 0.29) is 16.9 Å². The van der Waals surface area contributed by atoms with Crippen molar-refractivity contribution in [2.45, 2.75) is 12.7 Å². The second-order valence-corrected chi connectivity index (χ2v) is 3.26. The zero-order valence-electron chi connectivity index (χ0n) is 8.09. The minimum atomic E-state index is -0.375. The van der Waals surface area contributed by atoms with Crippen LogP contribution in [0.4, 0.5) is 0 Å². The quantitative estimate of drug-likeness (QED) is 0.509. The molecule has 0 bridgehead atoms. The fraction of sp³-hybridized carbons (Fsp3) is 0.400. The van der Waals surface area contributed by atoms with E-state index in [0.717, 1.165) is 5.57 Å². The summed E-state index contributed by atoms with van der Waals surface area (Å²) < 4.78 is 10.6. The number of ether oxygens (including phenoxy) is 2. The Labute approximate surface area is 86.8 Å². The third kappa shape index (κ3) is 2.31. The van der Waals surface area contributed by atoms with E-state index in [9.17, 15) is 10.1 Å². The van der Waals surface area contributed by atoms with Crippen molar-refractivity contribution < 1.29 is 14.4 Å². The van der Waals surface area contributed by atoms with Crippen molar-refractivity contribution in [3.63, 3.8) is 0 Å². The molecule has 1 heterocycles. The summed E-state index contributed by atoms with van der Waals surface area (Å²) in [6.07, 6.45) is 6.70. The summed E-state index contributed by atoms with van der Waals surface area (Å²) >= 11 is 0. The van der Waals surface area contributed by atoms with E-state index in [4.69, 9.17) is 9.47 Å². The molecule has 0 atom stereocenters. The molecule has 5 heteroatoms. The first-order valence-electron chi connectivity index (χ1n) is 4.72. The van der Waals surface area contributed by atoms with Crippen LogP contribution in [0.1, 0.15) is 6.42 Å². The van der Waals surface area contributed by atoms with E-state index in [1.54, 1.807) is 12.2 Å². The number of nitro groups is 1. The molecule has 0 radical (unpaired) electrons. The maximum atomic E-state index is 10.5. The van der Waals surface area contributed by atoms with Crippen LogP contribution in [0.2, 0.25) is 0 Å². The summed E-state index contributed by atoms with van der Waals surface area (Å²) in [5.74, 6) is 0. The molecule has 0 spiro atoms. The molecule has 1 saturated heterocycles. The second-order valence-electron chi connectivity index (χ2n) is 3.26. The number of rotatable bonds is 2. The highest BCUT2D eigenvalue weighted by molar-refractivity contribution is 5.31. The molecule has 0 aromatic heterocycles. The molecular weight excluding hydrogens is 198 g/mol. The van der Waals surface area contributed by atoms with Crippen molar-refractivity contribution in [2.24, 2.45) is 0 Å². The van der Waals surface area contributed by atoms with Crippen molar-refractivity contribution in [1.82, 2.24) is 0 Å². The highest BCUT2D eigenvalue weighted by Crippen LogP contribution is 2.19. The number of hydrogen-bond acceptors (Lipinski definition) is 4. The van der Waals surface area contributed by atoms with Crippen LogP contribution in [0.5, 0.6) is 0 Å². The van der Waals surface area contributed by atoms with E-state index in [0.29, 0.717) is 19.6 Å². The van der Waals surface area contributed by atoms with Gasteiger partial charge in [0.25, 0.3) is 0 Å². The highest BCUT2D eigenvalue weighted by Gasteiger charge is 2.20. The predicted molar refractivity (Wildman–Crippen MR) is 52.6 cm³/mol. The Bertz CT molecular complexity index is 350. The van der Waals surface area contributed by atoms with Crippen LogP contribution < -0.4 is 0 Å². The van der Waals surface area contributed by atoms with Gasteiger partial charge in [-0.05, 0) is 6.08 Å². The van der Waals surface area contributed by atoms with Gasteiger partial charge >= 0.3 is 0 Å². The van der Waals surface area contributed by atoms with Crippen LogP contribution >= 0.6 is 0 Å². The summed E-state index contributed by atoms with van der Waals surface area (Å²) in [5, 5.41) is 10.5. The lowest BCUT2D eigenvalue weighted by molar-refractivity contribution is -0.426. The van der Waals surface area contributed by atoms with Crippen LogP contribution in [0, 0.1) is 10.1 Å². The lowest BCUT2D eigenvalue weighted by Crippen LogP contribution is -2.09. The average molecular weight is 209 g/mol. The van der Waals surface area contributed by atoms with Crippen LogP contribution in [0.3, 0.4) is 0 Å². The monoisotopic (exact) mass is 209 g/mol. The molecule has 1 aliphatic heterocycles. The first-order chi connectivity index (χ1) is 7.27. The predicted octanol–water partition coefficient (Wildman–Crippen LogP) is 1.41. The standard InChI is InChI=1S/C10H11NO4/c12-11(13)9-3-1-2-8(4-5-9)10-14-6-7-15-10/h1-2,4-5,10H,3,6-7H2. The molecule has 2 aliphatic rings. The summed E-state index contributed by atoms with van der Waals surface area (Å²) in [5.41, 5.74) is 1.00. The molecule has 0 aromatic carbocycles. The van der Waals surface area contributed by atoms with E-state index in [2.05, 4.69) is 0 Å². The highest BCUT2D eigenvalue weighted by atomic mass is 16.7. The van der Waals surface area contributed by atoms with Gasteiger partial charge in [0.05, 0.1) is 24.6 Å². The molecule has 0 unspecified atom stereocenters. The van der Waals surface area contributed by atoms with Crippen LogP contribution in [-0.4, -0.2) is 24.4 Å². The van der Waals surface area contributed by atoms with Gasteiger partial charge in [-0.15, -0.1) is 0 Å². The van der Waals surface area contributed by atoms with Crippen LogP contribution in [0.15, 0.2) is 35.6 Å². The molecule has 0 aromatic rings. The number of hydrogen-bond donors (Lipinski definition) is 0. The summed E-state index contributed by atoms with van der Waals surface area (Å²) in [6.45, 7) is 1.14. The molecule has 5 nitrogen and oxygen atoms in total. The minimum absolute atomic E-state index is 0.180. The van der Waals surface area contributed by atoms with Gasteiger partial charge in [-0.3, -0.25) is 10.1 Å². The van der Waals surface area contributed by atoms with Crippen molar-refractivity contribution >= 4 is 0 Å². The van der Waals surface area contributed by atoms with Gasteiger partial charge < -0.3 is 9.47 Å². The summed E-state index contributed by atoms with van der Waals surface area (Å²) in [6, 6.07) is 0. The lowest BCUT2D eigenvalue weighted by Gasteiger charge is -2.08. The van der Waals surface area contributed by atoms with Crippen molar-refractivity contribution in [2.75, 3.05) is 13.2 Å². The Morgan fingerprint density at radius 3 is 2.73 bits per heavy atom. The van der Waals surface area contributed by atoms with Gasteiger partial charge in [0.1, 0.15) is 0 Å². The van der Waals surface area contributed by atoms with Crippen LogP contribution in [0.25, 0.3) is 0 Å². The average Bonchev–Trinajstić information content (AvgIpc) is 2.62. The first-order valence-corrected chi connectivity index (χ1v) is 4.72. The van der Waals surface area contributed by atoms with E-state index in [1.807, 2.05) is 6.08 Å². The Balaban J connectivity index is 2.15.